The van der Waals surface area contributed by atoms with Gasteiger partial charge in [0.05, 0.1) is 10.2 Å². The smallest absolute Gasteiger partial charge is 0.358 e. The predicted molar refractivity (Wildman–Crippen MR) is 289 cm³/mol. The Morgan fingerprint density at radius 3 is 2.03 bits per heavy atom. The molecule has 1 N–H and O–H groups in total. The molecule has 0 fully saturated rings. The lowest BCUT2D eigenvalue weighted by Gasteiger charge is -2.31. The van der Waals surface area contributed by atoms with Crippen LogP contribution in [-0.2, 0) is 40.1 Å². The van der Waals surface area contributed by atoms with E-state index in [1.165, 1.54) is 11.3 Å². The van der Waals surface area contributed by atoms with Gasteiger partial charge in [0.25, 0.3) is 5.91 Å². The molecular weight excluding hydrogens is 989 g/mol. The van der Waals surface area contributed by atoms with Crippen LogP contribution in [0.4, 0.5) is 10.9 Å². The minimum absolute atomic E-state index is 0.196. The van der Waals surface area contributed by atoms with Crippen LogP contribution in [0.2, 0.25) is 0 Å². The molecule has 2 aromatic heterocycles. The number of pyridine rings is 1. The van der Waals surface area contributed by atoms with E-state index in [-0.39, 0.29) is 11.6 Å². The molecule has 0 bridgehead atoms. The zero-order valence-corrected chi connectivity index (χ0v) is 43.3. The number of fused-ring (bicyclic) bond motifs is 2. The van der Waals surface area contributed by atoms with Crippen LogP contribution in [0.25, 0.3) is 21.3 Å². The molecule has 0 radical (unpaired) electrons. The molecule has 1 amide bonds. The number of carbonyl (C=O) groups excluding carboxylic acids is 4. The van der Waals surface area contributed by atoms with Gasteiger partial charge in [-0.05, 0) is 160 Å². The molecule has 0 aliphatic carbocycles. The zero-order chi connectivity index (χ0) is 50.8. The van der Waals surface area contributed by atoms with Gasteiger partial charge in [0.15, 0.2) is 10.8 Å². The summed E-state index contributed by atoms with van der Waals surface area (Å²) in [7, 11) is 0. The average molecular weight is 1040 g/mol. The second kappa shape index (κ2) is 23.2. The molecule has 0 unspecified atom stereocenters. The molecule has 72 heavy (non-hydrogen) atoms. The summed E-state index contributed by atoms with van der Waals surface area (Å²) in [4.78, 5) is 60.5. The Balaban J connectivity index is 0.000000306. The second-order valence-corrected chi connectivity index (χ2v) is 20.2. The number of carbonyl (C=O) groups is 4. The van der Waals surface area contributed by atoms with Crippen LogP contribution < -0.4 is 19.7 Å². The Kier molecular flexibility index (Phi) is 16.4. The fourth-order valence-electron chi connectivity index (χ4n) is 8.35. The van der Waals surface area contributed by atoms with Gasteiger partial charge in [-0.25, -0.2) is 14.8 Å². The average Bonchev–Trinajstić information content (AvgIpc) is 3.79. The van der Waals surface area contributed by atoms with Crippen molar-refractivity contribution in [1.29, 1.82) is 0 Å². The number of para-hydroxylation sites is 1. The highest BCUT2D eigenvalue weighted by molar-refractivity contribution is 9.10. The molecule has 1 aliphatic heterocycles. The molecule has 366 valence electrons. The van der Waals surface area contributed by atoms with E-state index in [4.69, 9.17) is 19.2 Å². The van der Waals surface area contributed by atoms with Crippen molar-refractivity contribution in [2.24, 2.45) is 0 Å². The van der Waals surface area contributed by atoms with Gasteiger partial charge in [-0.15, -0.1) is 0 Å². The Morgan fingerprint density at radius 1 is 0.722 bits per heavy atom. The Labute approximate surface area is 432 Å². The number of amides is 1. The van der Waals surface area contributed by atoms with Gasteiger partial charge in [0, 0.05) is 47.1 Å². The van der Waals surface area contributed by atoms with Gasteiger partial charge in [0.2, 0.25) is 0 Å². The van der Waals surface area contributed by atoms with Crippen molar-refractivity contribution >= 4 is 72.9 Å². The van der Waals surface area contributed by atoms with Crippen LogP contribution in [0.1, 0.15) is 87.8 Å². The van der Waals surface area contributed by atoms with E-state index in [0.29, 0.717) is 72.3 Å². The quantitative estimate of drug-likeness (QED) is 0.0780. The topological polar surface area (TPSA) is 137 Å². The number of halogens is 1. The second-order valence-electron chi connectivity index (χ2n) is 18.3. The monoisotopic (exact) mass is 1040 g/mol. The lowest BCUT2D eigenvalue weighted by molar-refractivity contribution is -0.108. The van der Waals surface area contributed by atoms with Gasteiger partial charge in [0.1, 0.15) is 47.0 Å². The maximum Gasteiger partial charge on any atom is 0.358 e. The van der Waals surface area contributed by atoms with Crippen molar-refractivity contribution in [1.82, 2.24) is 9.97 Å². The van der Waals surface area contributed by atoms with Gasteiger partial charge in [-0.1, -0.05) is 94.0 Å². The summed E-state index contributed by atoms with van der Waals surface area (Å²) in [5, 5.41) is 3.56. The number of esters is 1. The van der Waals surface area contributed by atoms with E-state index in [0.717, 1.165) is 84.1 Å². The Hall–Kier alpha value is -7.48. The lowest BCUT2D eigenvalue weighted by atomic mass is 9.94. The van der Waals surface area contributed by atoms with Gasteiger partial charge in [-0.2, -0.15) is 0 Å². The molecule has 0 saturated carbocycles. The number of rotatable bonds is 15. The van der Waals surface area contributed by atoms with E-state index in [9.17, 15) is 19.2 Å². The number of nitrogens with one attached hydrogen (secondary N) is 1. The molecule has 9 rings (SSSR count). The Bertz CT molecular complexity index is 3240. The largest absolute Gasteiger partial charge is 0.457 e. The minimum atomic E-state index is -0.740. The predicted octanol–water partition coefficient (Wildman–Crippen LogP) is 14.0. The van der Waals surface area contributed by atoms with Crippen LogP contribution in [0.15, 0.2) is 144 Å². The third-order valence-corrected chi connectivity index (χ3v) is 13.8. The fraction of sp³-hybridized carbons (Fsp3) is 0.220. The summed E-state index contributed by atoms with van der Waals surface area (Å²) >= 11 is 4.93. The molecule has 6 aromatic carbocycles. The molecule has 0 saturated heterocycles. The van der Waals surface area contributed by atoms with Crippen LogP contribution in [0.3, 0.4) is 0 Å². The number of aromatic nitrogens is 2. The van der Waals surface area contributed by atoms with E-state index in [1.54, 1.807) is 0 Å². The van der Waals surface area contributed by atoms with Gasteiger partial charge in [-0.3, -0.25) is 10.1 Å². The van der Waals surface area contributed by atoms with Crippen molar-refractivity contribution < 1.29 is 33.4 Å². The number of hydrogen-bond donors (Lipinski definition) is 1. The summed E-state index contributed by atoms with van der Waals surface area (Å²) in [6.45, 7) is 10.6. The zero-order valence-electron chi connectivity index (χ0n) is 40.9. The Morgan fingerprint density at radius 2 is 1.36 bits per heavy atom. The first-order valence-corrected chi connectivity index (χ1v) is 25.4. The normalized spacial score (nSPS) is 12.0. The maximum atomic E-state index is 13.9. The summed E-state index contributed by atoms with van der Waals surface area (Å²) in [5.41, 5.74) is 8.33. The SMILES string of the molecule is Cc1c(Br)cccc1Oc1cccc(CCC=O)c1.Cc1c(Oc2cccc(CCC=O)c2)cccc1-c1ccc(N2CCc3cccc(C(=O)Nc4nc5ccccc5s4)c3C2)nc1C(=O)OC(C)(C)C. The van der Waals surface area contributed by atoms with Crippen LogP contribution in [0, 0.1) is 13.8 Å². The highest BCUT2D eigenvalue weighted by Gasteiger charge is 2.28. The van der Waals surface area contributed by atoms with E-state index in [1.807, 2.05) is 168 Å². The number of anilines is 2. The summed E-state index contributed by atoms with van der Waals surface area (Å²) in [6, 6.07) is 44.6. The van der Waals surface area contributed by atoms with Crippen molar-refractivity contribution in [2.75, 3.05) is 16.8 Å². The molecule has 13 heteroatoms. The fourth-order valence-corrected chi connectivity index (χ4v) is 9.56. The van der Waals surface area contributed by atoms with Gasteiger partial charge >= 0.3 is 5.97 Å². The molecule has 8 aromatic rings. The third kappa shape index (κ3) is 12.7. The minimum Gasteiger partial charge on any atom is -0.457 e. The number of nitrogens with zero attached hydrogens (tertiary/aromatic N) is 3. The number of aldehydes is 2. The number of ether oxygens (including phenoxy) is 3. The van der Waals surface area contributed by atoms with Crippen LogP contribution in [0.5, 0.6) is 23.0 Å². The molecule has 1 aliphatic rings. The summed E-state index contributed by atoms with van der Waals surface area (Å²) in [5.74, 6) is 2.79. The molecule has 11 nitrogen and oxygen atoms in total. The standard InChI is InChI=1S/C43H40N4O5S.C16H15BrO2/c1-27-31(15-9-18-36(27)51-30-14-7-11-28(25-30)12-10-24-48)32-20-21-38(45-39(32)41(50)52-43(2,3)4)47-23-22-29-13-8-16-33(34(29)26-47)40(49)46-42-44-35-17-5-6-19-37(35)53-42;1-12-15(17)8-3-9-16(12)19-14-7-2-5-13(11-14)6-4-10-18/h5-9,11,13-21,24-25H,10,12,22-23,26H2,1-4H3,(H,44,46,49);2-3,5,7-11H,4,6H2,1H3. The van der Waals surface area contributed by atoms with Crippen LogP contribution >= 0.6 is 27.3 Å². The third-order valence-electron chi connectivity index (χ3n) is 12.0. The summed E-state index contributed by atoms with van der Waals surface area (Å²) in [6.07, 6.45) is 4.93. The first-order valence-electron chi connectivity index (χ1n) is 23.8. The first kappa shape index (κ1) is 50.9. The number of aryl methyl sites for hydroxylation is 2. The first-order chi connectivity index (χ1) is 34.8. The van der Waals surface area contributed by atoms with Crippen molar-refractivity contribution in [2.45, 2.75) is 78.9 Å². The van der Waals surface area contributed by atoms with Crippen molar-refractivity contribution in [3.63, 3.8) is 0 Å². The lowest BCUT2D eigenvalue weighted by Crippen LogP contribution is -2.33. The van der Waals surface area contributed by atoms with Crippen molar-refractivity contribution in [3.8, 4) is 34.1 Å². The number of hydrogen-bond acceptors (Lipinski definition) is 11. The number of benzene rings is 6. The van der Waals surface area contributed by atoms with E-state index in [2.05, 4.69) is 37.2 Å². The van der Waals surface area contributed by atoms with E-state index < -0.39 is 11.6 Å². The van der Waals surface area contributed by atoms with Crippen LogP contribution in [-0.4, -0.2) is 46.6 Å². The molecule has 0 atom stereocenters. The molecule has 0 spiro atoms. The molecular formula is C59H55BrN4O7S. The maximum absolute atomic E-state index is 13.9. The summed E-state index contributed by atoms with van der Waals surface area (Å²) < 4.78 is 20.2. The highest BCUT2D eigenvalue weighted by Crippen LogP contribution is 2.37. The highest BCUT2D eigenvalue weighted by atomic mass is 79.9. The van der Waals surface area contributed by atoms with Gasteiger partial charge < -0.3 is 28.7 Å². The number of thiazole rings is 1. The molecule has 3 heterocycles. The van der Waals surface area contributed by atoms with Crippen molar-refractivity contribution in [3.05, 3.63) is 189 Å². The van der Waals surface area contributed by atoms with E-state index >= 15 is 0 Å².